The van der Waals surface area contributed by atoms with Crippen LogP contribution in [0.4, 0.5) is 0 Å². The van der Waals surface area contributed by atoms with Crippen molar-refractivity contribution < 1.29 is 4.79 Å². The zero-order valence-corrected chi connectivity index (χ0v) is 11.7. The molecule has 0 aromatic heterocycles. The van der Waals surface area contributed by atoms with Gasteiger partial charge in [-0.05, 0) is 19.4 Å². The molecule has 98 valence electrons. The standard InChI is InChI=1S/C14H20N2OS/c1-10-4-3-5-12(8-10)11(2)16-14(17)13-9-18-7-6-15-13/h3-5,8,11,13,15H,6-7,9H2,1-2H3,(H,16,17)/t11-,13?/m1/s1. The summed E-state index contributed by atoms with van der Waals surface area (Å²) in [5.74, 6) is 2.07. The zero-order valence-electron chi connectivity index (χ0n) is 10.9. The van der Waals surface area contributed by atoms with Gasteiger partial charge in [-0.2, -0.15) is 11.8 Å². The summed E-state index contributed by atoms with van der Waals surface area (Å²) in [6, 6.07) is 8.29. The first-order valence-corrected chi connectivity index (χ1v) is 7.50. The third-order valence-electron chi connectivity index (χ3n) is 3.14. The predicted molar refractivity (Wildman–Crippen MR) is 76.9 cm³/mol. The fourth-order valence-corrected chi connectivity index (χ4v) is 3.00. The number of rotatable bonds is 3. The Hall–Kier alpha value is -1.00. The molecule has 2 atom stereocenters. The van der Waals surface area contributed by atoms with Crippen LogP contribution in [-0.2, 0) is 4.79 Å². The van der Waals surface area contributed by atoms with Gasteiger partial charge in [-0.1, -0.05) is 29.8 Å². The Morgan fingerprint density at radius 1 is 1.56 bits per heavy atom. The third-order valence-corrected chi connectivity index (χ3v) is 4.20. The molecular formula is C14H20N2OS. The summed E-state index contributed by atoms with van der Waals surface area (Å²) >= 11 is 1.83. The first kappa shape index (κ1) is 13.4. The Balaban J connectivity index is 1.94. The highest BCUT2D eigenvalue weighted by molar-refractivity contribution is 7.99. The van der Waals surface area contributed by atoms with Gasteiger partial charge in [0.2, 0.25) is 5.91 Å². The molecule has 1 aliphatic heterocycles. The average Bonchev–Trinajstić information content (AvgIpc) is 2.39. The van der Waals surface area contributed by atoms with Crippen LogP contribution >= 0.6 is 11.8 Å². The topological polar surface area (TPSA) is 41.1 Å². The van der Waals surface area contributed by atoms with Gasteiger partial charge >= 0.3 is 0 Å². The molecule has 4 heteroatoms. The SMILES string of the molecule is Cc1cccc([C@@H](C)NC(=O)C2CSCCN2)c1. The van der Waals surface area contributed by atoms with Crippen molar-refractivity contribution in [3.05, 3.63) is 35.4 Å². The number of nitrogens with one attached hydrogen (secondary N) is 2. The number of carbonyl (C=O) groups excluding carboxylic acids is 1. The number of carbonyl (C=O) groups is 1. The Kier molecular flexibility index (Phi) is 4.66. The van der Waals surface area contributed by atoms with Crippen LogP contribution in [0.25, 0.3) is 0 Å². The van der Waals surface area contributed by atoms with E-state index in [4.69, 9.17) is 0 Å². The normalized spacial score (nSPS) is 21.3. The van der Waals surface area contributed by atoms with Gasteiger partial charge in [0.05, 0.1) is 12.1 Å². The molecule has 0 spiro atoms. The van der Waals surface area contributed by atoms with Gasteiger partial charge < -0.3 is 10.6 Å². The zero-order chi connectivity index (χ0) is 13.0. The average molecular weight is 264 g/mol. The van der Waals surface area contributed by atoms with Gasteiger partial charge in [0.1, 0.15) is 0 Å². The van der Waals surface area contributed by atoms with E-state index in [1.165, 1.54) is 5.56 Å². The second-order valence-electron chi connectivity index (χ2n) is 4.73. The molecule has 1 aliphatic rings. The minimum absolute atomic E-state index is 0.0454. The van der Waals surface area contributed by atoms with E-state index in [2.05, 4.69) is 35.8 Å². The third kappa shape index (κ3) is 3.50. The Bertz CT molecular complexity index is 416. The molecule has 0 saturated carbocycles. The van der Waals surface area contributed by atoms with Gasteiger partial charge in [0.25, 0.3) is 0 Å². The van der Waals surface area contributed by atoms with Crippen molar-refractivity contribution in [2.24, 2.45) is 0 Å². The van der Waals surface area contributed by atoms with E-state index in [1.807, 2.05) is 24.8 Å². The van der Waals surface area contributed by atoms with E-state index in [9.17, 15) is 4.79 Å². The highest BCUT2D eigenvalue weighted by Gasteiger charge is 2.22. The largest absolute Gasteiger partial charge is 0.348 e. The fourth-order valence-electron chi connectivity index (χ4n) is 2.07. The molecule has 1 saturated heterocycles. The molecule has 2 rings (SSSR count). The van der Waals surface area contributed by atoms with E-state index < -0.39 is 0 Å². The quantitative estimate of drug-likeness (QED) is 0.876. The van der Waals surface area contributed by atoms with Crippen molar-refractivity contribution in [2.45, 2.75) is 25.9 Å². The molecule has 1 aromatic carbocycles. The molecule has 0 aliphatic carbocycles. The summed E-state index contributed by atoms with van der Waals surface area (Å²) in [6.07, 6.45) is 0. The van der Waals surface area contributed by atoms with Crippen molar-refractivity contribution in [3.63, 3.8) is 0 Å². The Morgan fingerprint density at radius 3 is 3.06 bits per heavy atom. The minimum Gasteiger partial charge on any atom is -0.348 e. The van der Waals surface area contributed by atoms with Gasteiger partial charge in [-0.25, -0.2) is 0 Å². The van der Waals surface area contributed by atoms with E-state index >= 15 is 0 Å². The Labute approximate surface area is 113 Å². The molecule has 0 radical (unpaired) electrons. The van der Waals surface area contributed by atoms with Gasteiger partial charge in [-0.3, -0.25) is 4.79 Å². The minimum atomic E-state index is -0.0454. The number of hydrogen-bond acceptors (Lipinski definition) is 3. The summed E-state index contributed by atoms with van der Waals surface area (Å²) in [7, 11) is 0. The number of aryl methyl sites for hydroxylation is 1. The lowest BCUT2D eigenvalue weighted by molar-refractivity contribution is -0.123. The lowest BCUT2D eigenvalue weighted by atomic mass is 10.1. The van der Waals surface area contributed by atoms with Crippen LogP contribution in [0.3, 0.4) is 0 Å². The molecule has 3 nitrogen and oxygen atoms in total. The highest BCUT2D eigenvalue weighted by atomic mass is 32.2. The number of hydrogen-bond donors (Lipinski definition) is 2. The fraction of sp³-hybridized carbons (Fsp3) is 0.500. The molecule has 18 heavy (non-hydrogen) atoms. The van der Waals surface area contributed by atoms with Crippen molar-refractivity contribution in [1.82, 2.24) is 10.6 Å². The number of benzene rings is 1. The van der Waals surface area contributed by atoms with Gasteiger partial charge in [0.15, 0.2) is 0 Å². The maximum atomic E-state index is 12.1. The summed E-state index contributed by atoms with van der Waals surface area (Å²) in [5, 5.41) is 6.33. The lowest BCUT2D eigenvalue weighted by Gasteiger charge is -2.24. The smallest absolute Gasteiger partial charge is 0.238 e. The van der Waals surface area contributed by atoms with Crippen LogP contribution < -0.4 is 10.6 Å². The number of amides is 1. The Morgan fingerprint density at radius 2 is 2.39 bits per heavy atom. The molecule has 1 aromatic rings. The van der Waals surface area contributed by atoms with Gasteiger partial charge in [-0.15, -0.1) is 0 Å². The highest BCUT2D eigenvalue weighted by Crippen LogP contribution is 2.15. The summed E-state index contributed by atoms with van der Waals surface area (Å²) in [5.41, 5.74) is 2.38. The number of thioether (sulfide) groups is 1. The molecule has 2 N–H and O–H groups in total. The predicted octanol–water partition coefficient (Wildman–Crippen LogP) is 1.88. The first-order chi connectivity index (χ1) is 8.66. The van der Waals surface area contributed by atoms with Crippen molar-refractivity contribution in [2.75, 3.05) is 18.1 Å². The van der Waals surface area contributed by atoms with Crippen LogP contribution in [0.5, 0.6) is 0 Å². The van der Waals surface area contributed by atoms with Crippen LogP contribution in [0.1, 0.15) is 24.1 Å². The maximum absolute atomic E-state index is 12.1. The van der Waals surface area contributed by atoms with E-state index in [-0.39, 0.29) is 18.0 Å². The maximum Gasteiger partial charge on any atom is 0.238 e. The van der Waals surface area contributed by atoms with Crippen molar-refractivity contribution in [3.8, 4) is 0 Å². The van der Waals surface area contributed by atoms with Gasteiger partial charge in [0, 0.05) is 18.1 Å². The van der Waals surface area contributed by atoms with E-state index in [0.29, 0.717) is 0 Å². The lowest BCUT2D eigenvalue weighted by Crippen LogP contribution is -2.49. The van der Waals surface area contributed by atoms with E-state index in [1.54, 1.807) is 0 Å². The molecule has 1 amide bonds. The monoisotopic (exact) mass is 264 g/mol. The van der Waals surface area contributed by atoms with Crippen molar-refractivity contribution in [1.29, 1.82) is 0 Å². The van der Waals surface area contributed by atoms with Crippen LogP contribution in [0.2, 0.25) is 0 Å². The summed E-state index contributed by atoms with van der Waals surface area (Å²) < 4.78 is 0. The van der Waals surface area contributed by atoms with Crippen LogP contribution in [0.15, 0.2) is 24.3 Å². The molecule has 1 heterocycles. The molecular weight excluding hydrogens is 244 g/mol. The first-order valence-electron chi connectivity index (χ1n) is 6.35. The molecule has 1 fully saturated rings. The van der Waals surface area contributed by atoms with Crippen LogP contribution in [0, 0.1) is 6.92 Å². The molecule has 0 bridgehead atoms. The summed E-state index contributed by atoms with van der Waals surface area (Å²) in [6.45, 7) is 5.02. The molecule has 1 unspecified atom stereocenters. The van der Waals surface area contributed by atoms with E-state index in [0.717, 1.165) is 23.6 Å². The van der Waals surface area contributed by atoms with Crippen LogP contribution in [-0.4, -0.2) is 30.0 Å². The second-order valence-corrected chi connectivity index (χ2v) is 5.88. The van der Waals surface area contributed by atoms with Crippen molar-refractivity contribution >= 4 is 17.7 Å². The summed E-state index contributed by atoms with van der Waals surface area (Å²) in [4.78, 5) is 12.1. The second kappa shape index (κ2) is 6.25.